The van der Waals surface area contributed by atoms with Crippen molar-refractivity contribution in [2.24, 2.45) is 0 Å². The molecule has 3 aromatic heterocycles. The van der Waals surface area contributed by atoms with E-state index in [9.17, 15) is 0 Å². The molecule has 0 saturated carbocycles. The van der Waals surface area contributed by atoms with E-state index in [4.69, 9.17) is 19.7 Å². The lowest BCUT2D eigenvalue weighted by molar-refractivity contribution is 0.487. The highest BCUT2D eigenvalue weighted by molar-refractivity contribution is 6.98. The molecule has 0 aliphatic carbocycles. The molecule has 11 aromatic rings. The summed E-state index contributed by atoms with van der Waals surface area (Å²) < 4.78 is 10.9. The van der Waals surface area contributed by atoms with Gasteiger partial charge in [-0.1, -0.05) is 158 Å². The maximum absolute atomic E-state index is 6.57. The molecule has 0 amide bonds. The molecule has 1 aliphatic heterocycles. The third kappa shape index (κ3) is 4.90. The highest BCUT2D eigenvalue weighted by Gasteiger charge is 2.36. The van der Waals surface area contributed by atoms with Crippen LogP contribution in [0.2, 0.25) is 0 Å². The molecule has 270 valence electrons. The van der Waals surface area contributed by atoms with E-state index >= 15 is 0 Å². The van der Waals surface area contributed by atoms with Crippen molar-refractivity contribution in [2.75, 3.05) is 0 Å². The molecule has 0 unspecified atom stereocenters. The summed E-state index contributed by atoms with van der Waals surface area (Å²) in [7, 11) is 0. The van der Waals surface area contributed by atoms with Gasteiger partial charge in [0.25, 0.3) is 6.71 Å². The monoisotopic (exact) mass is 741 g/mol. The predicted octanol–water partition coefficient (Wildman–Crippen LogP) is 10.0. The van der Waals surface area contributed by atoms with Gasteiger partial charge in [-0.25, -0.2) is 0 Å². The molecule has 0 fully saturated rings. The van der Waals surface area contributed by atoms with Crippen molar-refractivity contribution in [3.8, 4) is 45.9 Å². The van der Waals surface area contributed by atoms with Crippen LogP contribution in [-0.2, 0) is 0 Å². The lowest BCUT2D eigenvalue weighted by Gasteiger charge is -2.29. The Hall–Kier alpha value is -7.77. The van der Waals surface area contributed by atoms with E-state index in [2.05, 4.69) is 191 Å². The van der Waals surface area contributed by atoms with E-state index in [0.717, 1.165) is 88.2 Å². The molecule has 6 nitrogen and oxygen atoms in total. The number of fused-ring (bicyclic) bond motifs is 8. The van der Waals surface area contributed by atoms with Crippen molar-refractivity contribution >= 4 is 66.7 Å². The third-order valence-corrected chi connectivity index (χ3v) is 11.6. The van der Waals surface area contributed by atoms with Gasteiger partial charge in [-0.2, -0.15) is 15.0 Å². The summed E-state index contributed by atoms with van der Waals surface area (Å²) in [6.07, 6.45) is 0. The highest BCUT2D eigenvalue weighted by Crippen LogP contribution is 2.35. The number of benzene rings is 8. The molecule has 0 radical (unpaired) electrons. The number of rotatable bonds is 5. The lowest BCUT2D eigenvalue weighted by Crippen LogP contribution is -2.56. The Morgan fingerprint density at radius 1 is 0.362 bits per heavy atom. The smallest absolute Gasteiger partial charge is 0.252 e. The summed E-state index contributed by atoms with van der Waals surface area (Å²) in [5.41, 5.74) is 10.5. The Kier molecular flexibility index (Phi) is 7.22. The summed E-state index contributed by atoms with van der Waals surface area (Å²) in [5, 5.41) is 4.56. The molecular weight excluding hydrogens is 709 g/mol. The number of ether oxygens (including phenoxy) is 1. The van der Waals surface area contributed by atoms with Crippen molar-refractivity contribution in [2.45, 2.75) is 0 Å². The van der Waals surface area contributed by atoms with Crippen molar-refractivity contribution in [1.82, 2.24) is 24.1 Å². The molecule has 0 spiro atoms. The lowest BCUT2D eigenvalue weighted by atomic mass is 9.34. The Labute approximate surface area is 334 Å². The zero-order valence-corrected chi connectivity index (χ0v) is 31.2. The van der Waals surface area contributed by atoms with Gasteiger partial charge in [-0.3, -0.25) is 9.13 Å². The average molecular weight is 742 g/mol. The van der Waals surface area contributed by atoms with Gasteiger partial charge in [0, 0.05) is 27.1 Å². The Morgan fingerprint density at radius 3 is 1.28 bits per heavy atom. The third-order valence-electron chi connectivity index (χ3n) is 11.6. The topological polar surface area (TPSA) is 57.8 Å². The van der Waals surface area contributed by atoms with E-state index in [1.165, 1.54) is 0 Å². The average Bonchev–Trinajstić information content (AvgIpc) is 3.81. The van der Waals surface area contributed by atoms with Crippen molar-refractivity contribution < 1.29 is 4.74 Å². The highest BCUT2D eigenvalue weighted by atomic mass is 16.5. The SMILES string of the molecule is c1ccc(-c2cccc(-c3nc(-n4c5ccccc5c5ccccc54)nc(-n4c5ccccc5c5ccccc54)n3)c2B2c3ccccc3Oc3ccccc32)cc1. The van der Waals surface area contributed by atoms with Crippen LogP contribution in [0.25, 0.3) is 78.0 Å². The number of aromatic nitrogens is 5. The van der Waals surface area contributed by atoms with Gasteiger partial charge in [0.1, 0.15) is 11.5 Å². The van der Waals surface area contributed by atoms with Crippen LogP contribution < -0.4 is 21.1 Å². The van der Waals surface area contributed by atoms with Crippen LogP contribution in [-0.4, -0.2) is 30.8 Å². The molecule has 7 heteroatoms. The Balaban J connectivity index is 1.22. The molecule has 0 N–H and O–H groups in total. The predicted molar refractivity (Wildman–Crippen MR) is 237 cm³/mol. The molecule has 8 aromatic carbocycles. The molecule has 4 heterocycles. The molecule has 58 heavy (non-hydrogen) atoms. The van der Waals surface area contributed by atoms with Gasteiger partial charge in [0.05, 0.1) is 22.1 Å². The minimum atomic E-state index is -0.183. The number of nitrogens with zero attached hydrogens (tertiary/aromatic N) is 5. The van der Waals surface area contributed by atoms with Crippen LogP contribution in [0.5, 0.6) is 11.5 Å². The van der Waals surface area contributed by atoms with E-state index in [0.29, 0.717) is 17.7 Å². The maximum Gasteiger partial charge on any atom is 0.252 e. The first kappa shape index (κ1) is 32.5. The van der Waals surface area contributed by atoms with Gasteiger partial charge in [0.15, 0.2) is 5.82 Å². The molecule has 0 saturated heterocycles. The Morgan fingerprint density at radius 2 is 0.776 bits per heavy atom. The molecule has 12 rings (SSSR count). The molecule has 1 aliphatic rings. The standard InChI is InChI=1S/C51H32BN5O/c1-2-17-33(18-3-1)34-23-16-24-39(48(34)52-40-25-8-14-31-46(40)58-47-32-15-9-26-41(47)52)49-53-50(56-42-27-10-4-19-35(42)36-20-5-11-28-43(36)56)55-51(54-49)57-44-29-12-6-21-37(44)38-22-7-13-30-45(38)57/h1-32H. The molecule has 0 atom stereocenters. The zero-order chi connectivity index (χ0) is 38.2. The minimum Gasteiger partial charge on any atom is -0.458 e. The van der Waals surface area contributed by atoms with Crippen LogP contribution in [0.3, 0.4) is 0 Å². The fraction of sp³-hybridized carbons (Fsp3) is 0. The second-order valence-electron chi connectivity index (χ2n) is 14.7. The number of para-hydroxylation sites is 6. The fourth-order valence-electron chi connectivity index (χ4n) is 9.11. The first-order valence-electron chi connectivity index (χ1n) is 19.6. The number of hydrogen-bond acceptors (Lipinski definition) is 4. The van der Waals surface area contributed by atoms with Crippen molar-refractivity contribution in [3.63, 3.8) is 0 Å². The van der Waals surface area contributed by atoms with E-state index in [-0.39, 0.29) is 6.71 Å². The normalized spacial score (nSPS) is 12.2. The minimum absolute atomic E-state index is 0.183. The molecular formula is C51H32BN5O. The second-order valence-corrected chi connectivity index (χ2v) is 14.7. The maximum atomic E-state index is 6.57. The quantitative estimate of drug-likeness (QED) is 0.165. The summed E-state index contributed by atoms with van der Waals surface area (Å²) in [6.45, 7) is -0.183. The van der Waals surface area contributed by atoms with Crippen molar-refractivity contribution in [3.05, 3.63) is 194 Å². The summed E-state index contributed by atoms with van der Waals surface area (Å²) in [4.78, 5) is 16.5. The van der Waals surface area contributed by atoms with Crippen LogP contribution in [0.4, 0.5) is 0 Å². The molecule has 0 bridgehead atoms. The first-order chi connectivity index (χ1) is 28.8. The second kappa shape index (κ2) is 12.9. The largest absolute Gasteiger partial charge is 0.458 e. The summed E-state index contributed by atoms with van der Waals surface area (Å²) in [5.74, 6) is 3.35. The summed E-state index contributed by atoms with van der Waals surface area (Å²) >= 11 is 0. The van der Waals surface area contributed by atoms with Crippen LogP contribution in [0, 0.1) is 0 Å². The zero-order valence-electron chi connectivity index (χ0n) is 31.2. The van der Waals surface area contributed by atoms with Crippen LogP contribution in [0.15, 0.2) is 194 Å². The van der Waals surface area contributed by atoms with Crippen molar-refractivity contribution in [1.29, 1.82) is 0 Å². The number of hydrogen-bond donors (Lipinski definition) is 0. The van der Waals surface area contributed by atoms with Crippen LogP contribution >= 0.6 is 0 Å². The van der Waals surface area contributed by atoms with Gasteiger partial charge in [0.2, 0.25) is 11.9 Å². The first-order valence-corrected chi connectivity index (χ1v) is 19.6. The van der Waals surface area contributed by atoms with Gasteiger partial charge in [-0.05, 0) is 63.9 Å². The van der Waals surface area contributed by atoms with Gasteiger partial charge in [-0.15, -0.1) is 0 Å². The van der Waals surface area contributed by atoms with Gasteiger partial charge >= 0.3 is 0 Å². The van der Waals surface area contributed by atoms with E-state index in [1.807, 2.05) is 12.1 Å². The fourth-order valence-corrected chi connectivity index (χ4v) is 9.11. The van der Waals surface area contributed by atoms with Crippen LogP contribution in [0.1, 0.15) is 0 Å². The van der Waals surface area contributed by atoms with E-state index in [1.54, 1.807) is 0 Å². The van der Waals surface area contributed by atoms with E-state index < -0.39 is 0 Å². The summed E-state index contributed by atoms with van der Waals surface area (Å²) in [6, 6.07) is 67.9. The Bertz CT molecular complexity index is 3120. The van der Waals surface area contributed by atoms with Gasteiger partial charge < -0.3 is 4.74 Å².